The highest BCUT2D eigenvalue weighted by Gasteiger charge is 2.37. The molecule has 7 nitrogen and oxygen atoms in total. The van der Waals surface area contributed by atoms with Gasteiger partial charge >= 0.3 is 0 Å². The van der Waals surface area contributed by atoms with Crippen LogP contribution in [-0.4, -0.2) is 40.1 Å². The van der Waals surface area contributed by atoms with Crippen LogP contribution >= 0.6 is 11.6 Å². The molecule has 0 aromatic heterocycles. The van der Waals surface area contributed by atoms with Gasteiger partial charge in [-0.15, -0.1) is 0 Å². The molecule has 0 aliphatic carbocycles. The van der Waals surface area contributed by atoms with Crippen molar-refractivity contribution in [3.63, 3.8) is 0 Å². The normalized spacial score (nSPS) is 15.3. The zero-order valence-electron chi connectivity index (χ0n) is 17.9. The van der Waals surface area contributed by atoms with E-state index < -0.39 is 22.0 Å². The van der Waals surface area contributed by atoms with E-state index in [4.69, 9.17) is 21.1 Å². The fourth-order valence-electron chi connectivity index (χ4n) is 3.41. The molecule has 3 aromatic rings. The Morgan fingerprint density at radius 2 is 1.85 bits per heavy atom. The van der Waals surface area contributed by atoms with Gasteiger partial charge in [0.2, 0.25) is 0 Å². The molecule has 0 bridgehead atoms. The summed E-state index contributed by atoms with van der Waals surface area (Å²) in [4.78, 5) is 12.9. The van der Waals surface area contributed by atoms with Gasteiger partial charge in [0.1, 0.15) is 18.1 Å². The number of carbonyl (C=O) groups excluding carboxylic acids is 1. The van der Waals surface area contributed by atoms with Gasteiger partial charge in [-0.1, -0.05) is 48.0 Å². The quantitative estimate of drug-likeness (QED) is 0.513. The zero-order chi connectivity index (χ0) is 23.4. The predicted octanol–water partition coefficient (Wildman–Crippen LogP) is 3.80. The van der Waals surface area contributed by atoms with Gasteiger partial charge in [-0.25, -0.2) is 8.42 Å². The number of para-hydroxylation sites is 2. The second kappa shape index (κ2) is 9.72. The number of hydrogen-bond acceptors (Lipinski definition) is 5. The summed E-state index contributed by atoms with van der Waals surface area (Å²) in [5, 5.41) is 3.35. The summed E-state index contributed by atoms with van der Waals surface area (Å²) in [6.45, 7) is 2.20. The lowest BCUT2D eigenvalue weighted by Crippen LogP contribution is -2.51. The smallest absolute Gasteiger partial charge is 0.264 e. The van der Waals surface area contributed by atoms with Gasteiger partial charge in [0.05, 0.1) is 23.7 Å². The average molecular weight is 487 g/mol. The van der Waals surface area contributed by atoms with Crippen LogP contribution in [0.5, 0.6) is 11.5 Å². The van der Waals surface area contributed by atoms with Crippen LogP contribution in [0.4, 0.5) is 5.69 Å². The Hall–Kier alpha value is -3.23. The van der Waals surface area contributed by atoms with Gasteiger partial charge in [0.15, 0.2) is 6.10 Å². The third kappa shape index (κ3) is 5.07. The number of anilines is 1. The standard InChI is InChI=1S/C24H23ClN2O5S/c1-17-11-12-18(15-20(17)25)31-14-13-26-24(28)23-16-27(21-9-5-6-10-22(21)32-23)33(29,30)19-7-3-2-4-8-19/h2-12,15,23H,13-14,16H2,1H3,(H,26,28)/t23-/m1/s1. The Kier molecular flexibility index (Phi) is 6.76. The van der Waals surface area contributed by atoms with E-state index >= 15 is 0 Å². The Balaban J connectivity index is 1.44. The van der Waals surface area contributed by atoms with Gasteiger partial charge in [-0.05, 0) is 48.9 Å². The number of rotatable bonds is 7. The predicted molar refractivity (Wildman–Crippen MR) is 127 cm³/mol. The van der Waals surface area contributed by atoms with Gasteiger partial charge in [-0.3, -0.25) is 9.10 Å². The number of amides is 1. The van der Waals surface area contributed by atoms with Crippen molar-refractivity contribution in [3.05, 3.63) is 83.4 Å². The van der Waals surface area contributed by atoms with Crippen LogP contribution in [0.15, 0.2) is 77.7 Å². The largest absolute Gasteiger partial charge is 0.492 e. The van der Waals surface area contributed by atoms with Crippen molar-refractivity contribution in [2.24, 2.45) is 0 Å². The van der Waals surface area contributed by atoms with Crippen LogP contribution < -0.4 is 19.1 Å². The second-order valence-electron chi connectivity index (χ2n) is 7.47. The SMILES string of the molecule is Cc1ccc(OCCNC(=O)[C@H]2CN(S(=O)(=O)c3ccccc3)c3ccccc3O2)cc1Cl. The molecule has 3 aromatic carbocycles. The first kappa shape index (κ1) is 22.9. The van der Waals surface area contributed by atoms with Crippen LogP contribution in [0.25, 0.3) is 0 Å². The van der Waals surface area contributed by atoms with Crippen molar-refractivity contribution in [1.82, 2.24) is 5.32 Å². The molecule has 33 heavy (non-hydrogen) atoms. The van der Waals surface area contributed by atoms with E-state index in [-0.39, 0.29) is 24.6 Å². The van der Waals surface area contributed by atoms with Crippen molar-refractivity contribution in [2.75, 3.05) is 24.0 Å². The number of aryl methyl sites for hydroxylation is 1. The van der Waals surface area contributed by atoms with Crippen molar-refractivity contribution in [2.45, 2.75) is 17.9 Å². The zero-order valence-corrected chi connectivity index (χ0v) is 19.5. The Morgan fingerprint density at radius 1 is 1.12 bits per heavy atom. The first-order valence-corrected chi connectivity index (χ1v) is 12.2. The van der Waals surface area contributed by atoms with Gasteiger partial charge in [0, 0.05) is 5.02 Å². The molecule has 1 aliphatic rings. The maximum absolute atomic E-state index is 13.3. The molecule has 9 heteroatoms. The first-order chi connectivity index (χ1) is 15.9. The molecule has 1 amide bonds. The third-order valence-corrected chi connectivity index (χ3v) is 7.37. The van der Waals surface area contributed by atoms with Gasteiger partial charge < -0.3 is 14.8 Å². The topological polar surface area (TPSA) is 84.9 Å². The lowest BCUT2D eigenvalue weighted by atomic mass is 10.2. The number of nitrogens with zero attached hydrogens (tertiary/aromatic N) is 1. The number of nitrogens with one attached hydrogen (secondary N) is 1. The molecule has 1 heterocycles. The van der Waals surface area contributed by atoms with E-state index in [0.717, 1.165) is 5.56 Å². The number of hydrogen-bond donors (Lipinski definition) is 1. The van der Waals surface area contributed by atoms with Crippen LogP contribution in [0.3, 0.4) is 0 Å². The Bertz CT molecular complexity index is 1250. The lowest BCUT2D eigenvalue weighted by Gasteiger charge is -2.34. The van der Waals surface area contributed by atoms with Crippen molar-refractivity contribution in [3.8, 4) is 11.5 Å². The minimum atomic E-state index is -3.87. The summed E-state index contributed by atoms with van der Waals surface area (Å²) in [6, 6.07) is 20.2. The highest BCUT2D eigenvalue weighted by molar-refractivity contribution is 7.92. The van der Waals surface area contributed by atoms with Crippen LogP contribution in [0.2, 0.25) is 5.02 Å². The first-order valence-electron chi connectivity index (χ1n) is 10.4. The number of ether oxygens (including phenoxy) is 2. The van der Waals surface area contributed by atoms with E-state index in [2.05, 4.69) is 5.32 Å². The number of halogens is 1. The summed E-state index contributed by atoms with van der Waals surface area (Å²) in [6.07, 6.45) is -1.01. The van der Waals surface area contributed by atoms with Gasteiger partial charge in [-0.2, -0.15) is 0 Å². The number of sulfonamides is 1. The maximum Gasteiger partial charge on any atom is 0.264 e. The monoisotopic (exact) mass is 486 g/mol. The Morgan fingerprint density at radius 3 is 2.61 bits per heavy atom. The summed E-state index contributed by atoms with van der Waals surface area (Å²) in [5.74, 6) is 0.500. The van der Waals surface area contributed by atoms with E-state index in [9.17, 15) is 13.2 Å². The molecule has 1 N–H and O–H groups in total. The molecule has 0 fully saturated rings. The molecule has 0 spiro atoms. The fraction of sp³-hybridized carbons (Fsp3) is 0.208. The molecule has 0 saturated carbocycles. The van der Waals surface area contributed by atoms with Crippen LogP contribution in [0.1, 0.15) is 5.56 Å². The van der Waals surface area contributed by atoms with Crippen LogP contribution in [0, 0.1) is 6.92 Å². The van der Waals surface area contributed by atoms with Crippen molar-refractivity contribution >= 4 is 33.2 Å². The van der Waals surface area contributed by atoms with E-state index in [1.165, 1.54) is 16.4 Å². The summed E-state index contributed by atoms with van der Waals surface area (Å²) < 4.78 is 39.3. The third-order valence-electron chi connectivity index (χ3n) is 5.17. The lowest BCUT2D eigenvalue weighted by molar-refractivity contribution is -0.127. The van der Waals surface area contributed by atoms with Crippen molar-refractivity contribution < 1.29 is 22.7 Å². The van der Waals surface area contributed by atoms with E-state index in [1.807, 2.05) is 13.0 Å². The molecule has 0 unspecified atom stereocenters. The van der Waals surface area contributed by atoms with Crippen LogP contribution in [-0.2, 0) is 14.8 Å². The molecule has 0 radical (unpaired) electrons. The minimum Gasteiger partial charge on any atom is -0.492 e. The summed E-state index contributed by atoms with van der Waals surface area (Å²) >= 11 is 6.09. The van der Waals surface area contributed by atoms with E-state index in [1.54, 1.807) is 54.6 Å². The van der Waals surface area contributed by atoms with Gasteiger partial charge in [0.25, 0.3) is 15.9 Å². The summed E-state index contributed by atoms with van der Waals surface area (Å²) in [5.41, 5.74) is 1.34. The highest BCUT2D eigenvalue weighted by atomic mass is 35.5. The average Bonchev–Trinajstić information content (AvgIpc) is 2.83. The summed E-state index contributed by atoms with van der Waals surface area (Å²) in [7, 11) is -3.87. The second-order valence-corrected chi connectivity index (χ2v) is 9.74. The number of fused-ring (bicyclic) bond motifs is 1. The molecule has 4 rings (SSSR count). The molecular formula is C24H23ClN2O5S. The molecule has 0 saturated heterocycles. The number of benzene rings is 3. The molecule has 172 valence electrons. The van der Waals surface area contributed by atoms with Crippen molar-refractivity contribution in [1.29, 1.82) is 0 Å². The number of carbonyl (C=O) groups is 1. The Labute approximate surface area is 197 Å². The van der Waals surface area contributed by atoms with E-state index in [0.29, 0.717) is 22.2 Å². The highest BCUT2D eigenvalue weighted by Crippen LogP contribution is 2.36. The maximum atomic E-state index is 13.3. The molecule has 1 aliphatic heterocycles. The molecule has 1 atom stereocenters. The fourth-order valence-corrected chi connectivity index (χ4v) is 5.07. The minimum absolute atomic E-state index is 0.144. The molecular weight excluding hydrogens is 464 g/mol.